The highest BCUT2D eigenvalue weighted by Gasteiger charge is 2.67. The summed E-state index contributed by atoms with van der Waals surface area (Å²) in [5, 5.41) is 0. The first-order valence-electron chi connectivity index (χ1n) is 22.0. The van der Waals surface area contributed by atoms with E-state index in [0.717, 1.165) is 142 Å². The van der Waals surface area contributed by atoms with E-state index in [1.54, 1.807) is 0 Å². The normalized spacial score (nSPS) is 51.3. The molecule has 9 rings (SSSR count). The third kappa shape index (κ3) is 4.31. The molecule has 6 bridgehead atoms. The highest BCUT2D eigenvalue weighted by Crippen LogP contribution is 2.75. The monoisotopic (exact) mass is 651 g/mol. The van der Waals surface area contributed by atoms with Crippen LogP contribution in [-0.2, 0) is 0 Å². The SMILES string of the molecule is CC(C)C1CC(C(C)C)C2C3CC(C=C3C3=C(C4=CC5CC4C4C(C(C)C)CC(C(C)C)C54)C4CC3C3C(C(C)C)CC(C(C)C)C43)C12. The Morgan fingerprint density at radius 1 is 0.333 bits per heavy atom. The van der Waals surface area contributed by atoms with E-state index < -0.39 is 0 Å². The molecule has 9 aliphatic carbocycles. The summed E-state index contributed by atoms with van der Waals surface area (Å²) in [7, 11) is 0. The van der Waals surface area contributed by atoms with Gasteiger partial charge >= 0.3 is 0 Å². The fourth-order valence-electron chi connectivity index (χ4n) is 17.2. The largest absolute Gasteiger partial charge is 0.0773 e. The molecule has 0 heterocycles. The van der Waals surface area contributed by atoms with Crippen LogP contribution in [0.2, 0.25) is 0 Å². The number of rotatable bonds is 8. The van der Waals surface area contributed by atoms with Crippen molar-refractivity contribution >= 4 is 0 Å². The molecule has 266 valence electrons. The Kier molecular flexibility index (Phi) is 7.83. The molecule has 0 nitrogen and oxygen atoms in total. The number of fused-ring (bicyclic) bond motifs is 15. The standard InChI is InChI=1S/C48H74/c1-21(2)29-17-31(23(5)6)43-35-13-27(41(29)43)15-37(35)47-39-20-40(46-34(26(11)12)19-33(25(9)10)45(39)46)48(47)38-16-28-14-36(38)44-32(24(7)8)18-30(22(3)4)42(28)44/h15-16,21-36,39-46H,13-14,17-20H2,1-12H3. The molecule has 18 atom stereocenters. The first-order chi connectivity index (χ1) is 22.8. The van der Waals surface area contributed by atoms with Crippen molar-refractivity contribution in [1.82, 2.24) is 0 Å². The van der Waals surface area contributed by atoms with Gasteiger partial charge in [0.05, 0.1) is 0 Å². The molecule has 0 aromatic rings. The second-order valence-corrected chi connectivity index (χ2v) is 22.2. The summed E-state index contributed by atoms with van der Waals surface area (Å²) >= 11 is 0. The summed E-state index contributed by atoms with van der Waals surface area (Å²) in [6.07, 6.45) is 15.1. The molecule has 0 saturated heterocycles. The molecule has 48 heavy (non-hydrogen) atoms. The number of hydrogen-bond donors (Lipinski definition) is 0. The lowest BCUT2D eigenvalue weighted by molar-refractivity contribution is 0.188. The van der Waals surface area contributed by atoms with E-state index in [4.69, 9.17) is 0 Å². The van der Waals surface area contributed by atoms with E-state index in [2.05, 4.69) is 95.2 Å². The second-order valence-electron chi connectivity index (χ2n) is 22.2. The Balaban J connectivity index is 1.18. The molecule has 6 saturated carbocycles. The van der Waals surface area contributed by atoms with Crippen LogP contribution in [0.4, 0.5) is 0 Å². The molecule has 18 unspecified atom stereocenters. The van der Waals surface area contributed by atoms with E-state index in [-0.39, 0.29) is 0 Å². The highest BCUT2D eigenvalue weighted by atomic mass is 14.7. The van der Waals surface area contributed by atoms with E-state index in [1.807, 2.05) is 22.3 Å². The Bertz CT molecular complexity index is 1280. The van der Waals surface area contributed by atoms with Crippen LogP contribution in [0.5, 0.6) is 0 Å². The molecular weight excluding hydrogens is 577 g/mol. The van der Waals surface area contributed by atoms with Gasteiger partial charge in [0.2, 0.25) is 0 Å². The third-order valence-corrected chi connectivity index (χ3v) is 18.7. The molecule has 0 heteroatoms. The maximum Gasteiger partial charge on any atom is -0.0116 e. The first kappa shape index (κ1) is 33.1. The van der Waals surface area contributed by atoms with Crippen LogP contribution in [-0.4, -0.2) is 0 Å². The summed E-state index contributed by atoms with van der Waals surface area (Å²) in [5.41, 5.74) is 8.01. The molecule has 0 spiro atoms. The van der Waals surface area contributed by atoms with Gasteiger partial charge in [0, 0.05) is 0 Å². The van der Waals surface area contributed by atoms with Gasteiger partial charge in [-0.3, -0.25) is 0 Å². The van der Waals surface area contributed by atoms with Gasteiger partial charge < -0.3 is 0 Å². The van der Waals surface area contributed by atoms with Crippen LogP contribution in [0, 0.1) is 142 Å². The lowest BCUT2D eigenvalue weighted by Crippen LogP contribution is -2.35. The Hall–Kier alpha value is -0.780. The zero-order chi connectivity index (χ0) is 33.8. The molecule has 0 radical (unpaired) electrons. The van der Waals surface area contributed by atoms with Gasteiger partial charge in [-0.05, 0) is 203 Å². The molecular formula is C48H74. The number of hydrogen-bond acceptors (Lipinski definition) is 0. The van der Waals surface area contributed by atoms with Crippen molar-refractivity contribution < 1.29 is 0 Å². The predicted octanol–water partition coefficient (Wildman–Crippen LogP) is 12.6. The van der Waals surface area contributed by atoms with Gasteiger partial charge in [-0.15, -0.1) is 0 Å². The highest BCUT2D eigenvalue weighted by molar-refractivity contribution is 5.59. The van der Waals surface area contributed by atoms with Crippen molar-refractivity contribution in [1.29, 1.82) is 0 Å². The van der Waals surface area contributed by atoms with E-state index in [1.165, 1.54) is 38.5 Å². The smallest absolute Gasteiger partial charge is 0.0116 e. The van der Waals surface area contributed by atoms with Crippen LogP contribution < -0.4 is 0 Å². The fraction of sp³-hybridized carbons (Fsp3) is 0.875. The topological polar surface area (TPSA) is 0 Å². The average Bonchev–Trinajstić information content (AvgIpc) is 3.85. The van der Waals surface area contributed by atoms with Crippen LogP contribution in [0.25, 0.3) is 0 Å². The number of allylic oxidation sites excluding steroid dienone is 6. The van der Waals surface area contributed by atoms with E-state index in [0.29, 0.717) is 0 Å². The molecule has 0 amide bonds. The molecule has 0 aromatic carbocycles. The molecule has 0 N–H and O–H groups in total. The van der Waals surface area contributed by atoms with Crippen LogP contribution >= 0.6 is 0 Å². The van der Waals surface area contributed by atoms with Crippen molar-refractivity contribution in [2.75, 3.05) is 0 Å². The summed E-state index contributed by atoms with van der Waals surface area (Å²) in [6.45, 7) is 30.9. The molecule has 6 fully saturated rings. The maximum absolute atomic E-state index is 3.01. The zero-order valence-corrected chi connectivity index (χ0v) is 33.3. The van der Waals surface area contributed by atoms with Gasteiger partial charge in [0.25, 0.3) is 0 Å². The van der Waals surface area contributed by atoms with Gasteiger partial charge in [-0.25, -0.2) is 0 Å². The van der Waals surface area contributed by atoms with Crippen molar-refractivity contribution in [3.63, 3.8) is 0 Å². The van der Waals surface area contributed by atoms with Gasteiger partial charge in [-0.1, -0.05) is 95.2 Å². The zero-order valence-electron chi connectivity index (χ0n) is 33.3. The van der Waals surface area contributed by atoms with Crippen molar-refractivity contribution in [2.24, 2.45) is 142 Å². The quantitative estimate of drug-likeness (QED) is 0.245. The average molecular weight is 651 g/mol. The minimum atomic E-state index is 0.830. The van der Waals surface area contributed by atoms with Crippen molar-refractivity contribution in [3.05, 3.63) is 34.4 Å². The summed E-state index contributed by atoms with van der Waals surface area (Å²) in [5.74, 6) is 21.7. The van der Waals surface area contributed by atoms with Crippen LogP contribution in [0.15, 0.2) is 34.4 Å². The van der Waals surface area contributed by atoms with Gasteiger partial charge in [0.15, 0.2) is 0 Å². The lowest BCUT2D eigenvalue weighted by Gasteiger charge is -2.42. The third-order valence-electron chi connectivity index (χ3n) is 18.7. The van der Waals surface area contributed by atoms with Crippen molar-refractivity contribution in [2.45, 2.75) is 122 Å². The first-order valence-corrected chi connectivity index (χ1v) is 22.0. The predicted molar refractivity (Wildman–Crippen MR) is 203 cm³/mol. The van der Waals surface area contributed by atoms with E-state index in [9.17, 15) is 0 Å². The Morgan fingerprint density at radius 2 is 0.604 bits per heavy atom. The fourth-order valence-corrected chi connectivity index (χ4v) is 17.2. The summed E-state index contributed by atoms with van der Waals surface area (Å²) < 4.78 is 0. The Labute approximate surface area is 297 Å². The van der Waals surface area contributed by atoms with E-state index >= 15 is 0 Å². The van der Waals surface area contributed by atoms with Crippen LogP contribution in [0.3, 0.4) is 0 Å². The summed E-state index contributed by atoms with van der Waals surface area (Å²) in [4.78, 5) is 0. The second kappa shape index (κ2) is 11.4. The lowest BCUT2D eigenvalue weighted by atomic mass is 9.62. The molecule has 0 aromatic heterocycles. The summed E-state index contributed by atoms with van der Waals surface area (Å²) in [6, 6.07) is 0. The minimum absolute atomic E-state index is 0.830. The Morgan fingerprint density at radius 3 is 0.896 bits per heavy atom. The van der Waals surface area contributed by atoms with Crippen molar-refractivity contribution in [3.8, 4) is 0 Å². The molecule has 9 aliphatic rings. The van der Waals surface area contributed by atoms with Gasteiger partial charge in [-0.2, -0.15) is 0 Å². The maximum atomic E-state index is 3.01. The minimum Gasteiger partial charge on any atom is -0.0773 e. The molecule has 0 aliphatic heterocycles. The van der Waals surface area contributed by atoms with Gasteiger partial charge in [0.1, 0.15) is 0 Å². The van der Waals surface area contributed by atoms with Crippen LogP contribution in [0.1, 0.15) is 122 Å².